The van der Waals surface area contributed by atoms with Gasteiger partial charge in [0, 0.05) is 23.2 Å². The summed E-state index contributed by atoms with van der Waals surface area (Å²) in [6.45, 7) is 0.458. The Morgan fingerprint density at radius 2 is 1.94 bits per heavy atom. The molecule has 0 saturated heterocycles. The van der Waals surface area contributed by atoms with E-state index in [1.54, 1.807) is 7.11 Å². The average Bonchev–Trinajstić information content (AvgIpc) is 2.39. The van der Waals surface area contributed by atoms with E-state index in [9.17, 15) is 0 Å². The van der Waals surface area contributed by atoms with E-state index in [0.717, 1.165) is 16.8 Å². The molecule has 0 aliphatic carbocycles. The predicted molar refractivity (Wildman–Crippen MR) is 69.1 cm³/mol. The molecular weight excluding hydrogens is 236 g/mol. The number of rotatable bonds is 3. The van der Waals surface area contributed by atoms with Crippen molar-refractivity contribution in [2.75, 3.05) is 7.11 Å². The summed E-state index contributed by atoms with van der Waals surface area (Å²) in [5.74, 6) is 0.567. The van der Waals surface area contributed by atoms with Crippen molar-refractivity contribution in [1.29, 1.82) is 0 Å². The largest absolute Gasteiger partial charge is 0.481 e. The Hall–Kier alpha value is -1.58. The van der Waals surface area contributed by atoms with Crippen LogP contribution in [0, 0.1) is 0 Å². The molecule has 0 unspecified atom stereocenters. The molecule has 0 spiro atoms. The van der Waals surface area contributed by atoms with Gasteiger partial charge in [0.1, 0.15) is 0 Å². The number of pyridine rings is 1. The first-order valence-electron chi connectivity index (χ1n) is 5.24. The molecule has 3 nitrogen and oxygen atoms in total. The lowest BCUT2D eigenvalue weighted by Crippen LogP contribution is -1.99. The minimum Gasteiger partial charge on any atom is -0.481 e. The quantitative estimate of drug-likeness (QED) is 0.909. The Kier molecular flexibility index (Phi) is 3.61. The number of ether oxygens (including phenoxy) is 1. The smallest absolute Gasteiger partial charge is 0.213 e. The highest BCUT2D eigenvalue weighted by molar-refractivity contribution is 6.30. The highest BCUT2D eigenvalue weighted by atomic mass is 35.5. The molecule has 2 aromatic rings. The Morgan fingerprint density at radius 1 is 1.24 bits per heavy atom. The van der Waals surface area contributed by atoms with Gasteiger partial charge >= 0.3 is 0 Å². The summed E-state index contributed by atoms with van der Waals surface area (Å²) >= 11 is 5.85. The molecule has 1 heterocycles. The van der Waals surface area contributed by atoms with Crippen LogP contribution in [0.25, 0.3) is 11.3 Å². The summed E-state index contributed by atoms with van der Waals surface area (Å²) in [6.07, 6.45) is 0. The van der Waals surface area contributed by atoms with Crippen molar-refractivity contribution in [2.45, 2.75) is 6.54 Å². The minimum atomic E-state index is 0.458. The molecule has 0 saturated carbocycles. The van der Waals surface area contributed by atoms with E-state index in [-0.39, 0.29) is 0 Å². The Labute approximate surface area is 105 Å². The zero-order valence-electron chi connectivity index (χ0n) is 9.48. The molecule has 88 valence electrons. The molecule has 1 aromatic heterocycles. The van der Waals surface area contributed by atoms with Crippen LogP contribution >= 0.6 is 11.6 Å². The lowest BCUT2D eigenvalue weighted by atomic mass is 10.1. The first-order valence-corrected chi connectivity index (χ1v) is 5.61. The lowest BCUT2D eigenvalue weighted by Gasteiger charge is -2.07. The number of methoxy groups -OCH3 is 1. The van der Waals surface area contributed by atoms with Crippen LogP contribution in [0.2, 0.25) is 5.02 Å². The SMILES string of the molecule is COc1cc(CN)cc(-c2ccc(Cl)cc2)n1. The van der Waals surface area contributed by atoms with Gasteiger partial charge in [-0.3, -0.25) is 0 Å². The van der Waals surface area contributed by atoms with Crippen LogP contribution in [0.3, 0.4) is 0 Å². The molecule has 2 N–H and O–H groups in total. The van der Waals surface area contributed by atoms with Crippen molar-refractivity contribution in [3.05, 3.63) is 47.0 Å². The second kappa shape index (κ2) is 5.17. The van der Waals surface area contributed by atoms with Crippen LogP contribution in [0.5, 0.6) is 5.88 Å². The summed E-state index contributed by atoms with van der Waals surface area (Å²) < 4.78 is 5.15. The number of aromatic nitrogens is 1. The van der Waals surface area contributed by atoms with Gasteiger partial charge in [-0.2, -0.15) is 0 Å². The first-order chi connectivity index (χ1) is 8.22. The second-order valence-corrected chi connectivity index (χ2v) is 4.05. The maximum Gasteiger partial charge on any atom is 0.213 e. The molecule has 4 heteroatoms. The third-order valence-corrected chi connectivity index (χ3v) is 2.70. The maximum absolute atomic E-state index is 5.85. The van der Waals surface area contributed by atoms with E-state index in [4.69, 9.17) is 22.1 Å². The van der Waals surface area contributed by atoms with Crippen LogP contribution in [0.15, 0.2) is 36.4 Å². The Bertz CT molecular complexity index is 489. The maximum atomic E-state index is 5.85. The molecular formula is C13H13ClN2O. The van der Waals surface area contributed by atoms with E-state index in [2.05, 4.69) is 4.98 Å². The molecule has 0 aliphatic heterocycles. The highest BCUT2D eigenvalue weighted by Gasteiger charge is 2.04. The van der Waals surface area contributed by atoms with Crippen molar-refractivity contribution >= 4 is 11.6 Å². The molecule has 0 atom stereocenters. The predicted octanol–water partition coefficient (Wildman–Crippen LogP) is 2.87. The molecule has 17 heavy (non-hydrogen) atoms. The van der Waals surface area contributed by atoms with Crippen molar-refractivity contribution in [2.24, 2.45) is 5.73 Å². The molecule has 0 radical (unpaired) electrons. The van der Waals surface area contributed by atoms with E-state index in [1.807, 2.05) is 36.4 Å². The van der Waals surface area contributed by atoms with Gasteiger partial charge in [-0.1, -0.05) is 23.7 Å². The summed E-state index contributed by atoms with van der Waals surface area (Å²) in [6, 6.07) is 11.3. The van der Waals surface area contributed by atoms with Crippen molar-refractivity contribution in [1.82, 2.24) is 4.98 Å². The fourth-order valence-electron chi connectivity index (χ4n) is 1.55. The fraction of sp³-hybridized carbons (Fsp3) is 0.154. The number of halogens is 1. The van der Waals surface area contributed by atoms with E-state index >= 15 is 0 Å². The summed E-state index contributed by atoms with van der Waals surface area (Å²) in [5.41, 5.74) is 8.45. The van der Waals surface area contributed by atoms with Crippen LogP contribution in [0.4, 0.5) is 0 Å². The summed E-state index contributed by atoms with van der Waals surface area (Å²) in [4.78, 5) is 4.38. The van der Waals surface area contributed by atoms with Gasteiger partial charge in [0.05, 0.1) is 12.8 Å². The van der Waals surface area contributed by atoms with Crippen LogP contribution in [-0.2, 0) is 6.54 Å². The summed E-state index contributed by atoms with van der Waals surface area (Å²) in [7, 11) is 1.59. The van der Waals surface area contributed by atoms with Crippen LogP contribution in [-0.4, -0.2) is 12.1 Å². The van der Waals surface area contributed by atoms with Gasteiger partial charge in [-0.15, -0.1) is 0 Å². The standard InChI is InChI=1S/C13H13ClN2O/c1-17-13-7-9(8-15)6-12(16-13)10-2-4-11(14)5-3-10/h2-7H,8,15H2,1H3. The average molecular weight is 249 g/mol. The van der Waals surface area contributed by atoms with Gasteiger partial charge in [-0.25, -0.2) is 4.98 Å². The molecule has 0 bridgehead atoms. The van der Waals surface area contributed by atoms with Crippen molar-refractivity contribution in [3.8, 4) is 17.1 Å². The number of nitrogens with zero attached hydrogens (tertiary/aromatic N) is 1. The van der Waals surface area contributed by atoms with Gasteiger partial charge in [0.25, 0.3) is 0 Å². The number of benzene rings is 1. The fourth-order valence-corrected chi connectivity index (χ4v) is 1.68. The lowest BCUT2D eigenvalue weighted by molar-refractivity contribution is 0.398. The van der Waals surface area contributed by atoms with E-state index in [0.29, 0.717) is 17.4 Å². The van der Waals surface area contributed by atoms with Gasteiger partial charge in [0.2, 0.25) is 5.88 Å². The van der Waals surface area contributed by atoms with Gasteiger partial charge in [0.15, 0.2) is 0 Å². The number of hydrogen-bond donors (Lipinski definition) is 1. The minimum absolute atomic E-state index is 0.458. The van der Waals surface area contributed by atoms with Crippen molar-refractivity contribution in [3.63, 3.8) is 0 Å². The number of hydrogen-bond acceptors (Lipinski definition) is 3. The monoisotopic (exact) mass is 248 g/mol. The number of nitrogens with two attached hydrogens (primary N) is 1. The van der Waals surface area contributed by atoms with Crippen LogP contribution in [0.1, 0.15) is 5.56 Å². The first kappa shape index (κ1) is 11.9. The van der Waals surface area contributed by atoms with Crippen LogP contribution < -0.4 is 10.5 Å². The van der Waals surface area contributed by atoms with Crippen molar-refractivity contribution < 1.29 is 4.74 Å². The normalized spacial score (nSPS) is 10.3. The molecule has 1 aromatic carbocycles. The second-order valence-electron chi connectivity index (χ2n) is 3.61. The summed E-state index contributed by atoms with van der Waals surface area (Å²) in [5, 5.41) is 0.704. The third-order valence-electron chi connectivity index (χ3n) is 2.45. The van der Waals surface area contributed by atoms with E-state index in [1.165, 1.54) is 0 Å². The van der Waals surface area contributed by atoms with Gasteiger partial charge < -0.3 is 10.5 Å². The Morgan fingerprint density at radius 3 is 2.53 bits per heavy atom. The Balaban J connectivity index is 2.46. The zero-order chi connectivity index (χ0) is 12.3. The topological polar surface area (TPSA) is 48.1 Å². The molecule has 2 rings (SSSR count). The third kappa shape index (κ3) is 2.75. The highest BCUT2D eigenvalue weighted by Crippen LogP contribution is 2.23. The molecule has 0 amide bonds. The van der Waals surface area contributed by atoms with Gasteiger partial charge in [-0.05, 0) is 23.8 Å². The molecule has 0 fully saturated rings. The van der Waals surface area contributed by atoms with E-state index < -0.39 is 0 Å². The molecule has 0 aliphatic rings. The zero-order valence-corrected chi connectivity index (χ0v) is 10.2.